The highest BCUT2D eigenvalue weighted by atomic mass is 35.5. The smallest absolute Gasteiger partial charge is 0.255 e. The first-order valence-electron chi connectivity index (χ1n) is 6.71. The number of alkyl halides is 1. The van der Waals surface area contributed by atoms with E-state index in [0.717, 1.165) is 22.0 Å². The van der Waals surface area contributed by atoms with Gasteiger partial charge in [-0.25, -0.2) is 0 Å². The van der Waals surface area contributed by atoms with Crippen LogP contribution in [0.25, 0.3) is 10.8 Å². The van der Waals surface area contributed by atoms with Crippen LogP contribution in [0.15, 0.2) is 66.7 Å². The van der Waals surface area contributed by atoms with Crippen LogP contribution in [0, 0.1) is 0 Å². The molecule has 3 rings (SSSR count). The van der Waals surface area contributed by atoms with E-state index < -0.39 is 0 Å². The van der Waals surface area contributed by atoms with Crippen molar-refractivity contribution in [2.45, 2.75) is 5.88 Å². The summed E-state index contributed by atoms with van der Waals surface area (Å²) >= 11 is 5.74. The van der Waals surface area contributed by atoms with E-state index >= 15 is 0 Å². The molecule has 0 unspecified atom stereocenters. The summed E-state index contributed by atoms with van der Waals surface area (Å²) < 4.78 is 0. The van der Waals surface area contributed by atoms with Gasteiger partial charge in [-0.2, -0.15) is 0 Å². The molecule has 0 fully saturated rings. The van der Waals surface area contributed by atoms with Crippen LogP contribution in [0.4, 0.5) is 5.69 Å². The van der Waals surface area contributed by atoms with Gasteiger partial charge < -0.3 is 5.32 Å². The van der Waals surface area contributed by atoms with Crippen LogP contribution < -0.4 is 5.32 Å². The first kappa shape index (κ1) is 13.7. The largest absolute Gasteiger partial charge is 0.322 e. The molecule has 0 aliphatic rings. The highest BCUT2D eigenvalue weighted by Crippen LogP contribution is 2.19. The number of rotatable bonds is 3. The Bertz CT molecular complexity index is 781. The van der Waals surface area contributed by atoms with E-state index in [2.05, 4.69) is 5.32 Å². The topological polar surface area (TPSA) is 29.1 Å². The van der Waals surface area contributed by atoms with Crippen LogP contribution in [-0.4, -0.2) is 5.91 Å². The lowest BCUT2D eigenvalue weighted by Crippen LogP contribution is -2.11. The molecular formula is C18H14ClNO. The Labute approximate surface area is 128 Å². The summed E-state index contributed by atoms with van der Waals surface area (Å²) in [6, 6.07) is 21.2. The molecule has 0 radical (unpaired) electrons. The lowest BCUT2D eigenvalue weighted by Gasteiger charge is -2.07. The molecule has 2 nitrogen and oxygen atoms in total. The van der Waals surface area contributed by atoms with Gasteiger partial charge in [-0.1, -0.05) is 42.5 Å². The average molecular weight is 296 g/mol. The maximum Gasteiger partial charge on any atom is 0.255 e. The van der Waals surface area contributed by atoms with Crippen molar-refractivity contribution in [2.24, 2.45) is 0 Å². The molecule has 0 aromatic heterocycles. The summed E-state index contributed by atoms with van der Waals surface area (Å²) in [5, 5.41) is 5.17. The number of fused-ring (bicyclic) bond motifs is 1. The van der Waals surface area contributed by atoms with E-state index in [1.165, 1.54) is 0 Å². The molecule has 1 amide bonds. The molecule has 0 aliphatic heterocycles. The van der Waals surface area contributed by atoms with Crippen LogP contribution in [0.2, 0.25) is 0 Å². The summed E-state index contributed by atoms with van der Waals surface area (Å²) in [6.45, 7) is 0. The van der Waals surface area contributed by atoms with Crippen molar-refractivity contribution in [2.75, 3.05) is 5.32 Å². The molecule has 3 heteroatoms. The monoisotopic (exact) mass is 295 g/mol. The van der Waals surface area contributed by atoms with Gasteiger partial charge in [-0.05, 0) is 40.6 Å². The molecule has 0 aliphatic carbocycles. The van der Waals surface area contributed by atoms with Gasteiger partial charge in [-0.3, -0.25) is 4.79 Å². The third kappa shape index (κ3) is 3.06. The number of hydrogen-bond donors (Lipinski definition) is 1. The molecule has 0 saturated carbocycles. The molecule has 1 N–H and O–H groups in total. The molecular weight excluding hydrogens is 282 g/mol. The number of halogens is 1. The van der Waals surface area contributed by atoms with E-state index in [-0.39, 0.29) is 5.91 Å². The Kier molecular flexibility index (Phi) is 3.89. The quantitative estimate of drug-likeness (QED) is 0.689. The van der Waals surface area contributed by atoms with Gasteiger partial charge in [0.1, 0.15) is 0 Å². The maximum absolute atomic E-state index is 12.2. The number of carbonyl (C=O) groups excluding carboxylic acids is 1. The van der Waals surface area contributed by atoms with E-state index in [9.17, 15) is 4.79 Å². The van der Waals surface area contributed by atoms with E-state index in [0.29, 0.717) is 11.4 Å². The summed E-state index contributed by atoms with van der Waals surface area (Å²) in [5.41, 5.74) is 2.41. The van der Waals surface area contributed by atoms with E-state index in [1.54, 1.807) is 12.1 Å². The fourth-order valence-corrected chi connectivity index (χ4v) is 2.39. The zero-order valence-corrected chi connectivity index (χ0v) is 12.1. The highest BCUT2D eigenvalue weighted by Gasteiger charge is 2.06. The minimum absolute atomic E-state index is 0.119. The van der Waals surface area contributed by atoms with Crippen molar-refractivity contribution in [1.29, 1.82) is 0 Å². The second kappa shape index (κ2) is 5.98. The number of benzene rings is 3. The molecule has 0 saturated heterocycles. The normalized spacial score (nSPS) is 10.5. The lowest BCUT2D eigenvalue weighted by molar-refractivity contribution is 0.102. The minimum atomic E-state index is -0.119. The number of amides is 1. The van der Waals surface area contributed by atoms with Gasteiger partial charge >= 0.3 is 0 Å². The van der Waals surface area contributed by atoms with Gasteiger partial charge in [0.15, 0.2) is 0 Å². The summed E-state index contributed by atoms with van der Waals surface area (Å²) in [4.78, 5) is 12.2. The minimum Gasteiger partial charge on any atom is -0.322 e. The van der Waals surface area contributed by atoms with E-state index in [1.807, 2.05) is 54.6 Å². The van der Waals surface area contributed by atoms with Gasteiger partial charge in [0.05, 0.1) is 0 Å². The predicted molar refractivity (Wildman–Crippen MR) is 87.9 cm³/mol. The van der Waals surface area contributed by atoms with Crippen molar-refractivity contribution in [3.05, 3.63) is 77.9 Å². The fraction of sp³-hybridized carbons (Fsp3) is 0.0556. The zero-order valence-electron chi connectivity index (χ0n) is 11.3. The van der Waals surface area contributed by atoms with Crippen LogP contribution in [0.3, 0.4) is 0 Å². The summed E-state index contributed by atoms with van der Waals surface area (Å²) in [5.74, 6) is 0.332. The van der Waals surface area contributed by atoms with Crippen LogP contribution >= 0.6 is 11.6 Å². The number of nitrogens with one attached hydrogen (secondary N) is 1. The van der Waals surface area contributed by atoms with E-state index in [4.69, 9.17) is 11.6 Å². The van der Waals surface area contributed by atoms with Crippen molar-refractivity contribution >= 4 is 34.0 Å². The Hall–Kier alpha value is -2.32. The van der Waals surface area contributed by atoms with Crippen molar-refractivity contribution < 1.29 is 4.79 Å². The van der Waals surface area contributed by atoms with Crippen LogP contribution in [-0.2, 0) is 5.88 Å². The summed E-state index contributed by atoms with van der Waals surface area (Å²) in [6.07, 6.45) is 0. The van der Waals surface area contributed by atoms with Gasteiger partial charge in [0.2, 0.25) is 0 Å². The number of carbonyl (C=O) groups is 1. The van der Waals surface area contributed by atoms with Crippen LogP contribution in [0.1, 0.15) is 15.9 Å². The molecule has 104 valence electrons. The van der Waals surface area contributed by atoms with Gasteiger partial charge in [-0.15, -0.1) is 11.6 Å². The number of hydrogen-bond acceptors (Lipinski definition) is 1. The standard InChI is InChI=1S/C18H14ClNO/c19-12-13-5-7-15(8-6-13)18(21)20-17-10-9-14-3-1-2-4-16(14)11-17/h1-11H,12H2,(H,20,21). The maximum atomic E-state index is 12.2. The second-order valence-electron chi connectivity index (χ2n) is 4.85. The molecule has 0 heterocycles. The second-order valence-corrected chi connectivity index (χ2v) is 5.11. The first-order chi connectivity index (χ1) is 10.3. The first-order valence-corrected chi connectivity index (χ1v) is 7.25. The molecule has 21 heavy (non-hydrogen) atoms. The highest BCUT2D eigenvalue weighted by molar-refractivity contribution is 6.17. The average Bonchev–Trinajstić information content (AvgIpc) is 2.55. The Morgan fingerprint density at radius 1 is 0.905 bits per heavy atom. The number of anilines is 1. The zero-order chi connectivity index (χ0) is 14.7. The lowest BCUT2D eigenvalue weighted by atomic mass is 10.1. The predicted octanol–water partition coefficient (Wildman–Crippen LogP) is 4.83. The fourth-order valence-electron chi connectivity index (χ4n) is 2.22. The van der Waals surface area contributed by atoms with Crippen molar-refractivity contribution in [1.82, 2.24) is 0 Å². The third-order valence-electron chi connectivity index (χ3n) is 3.38. The SMILES string of the molecule is O=C(Nc1ccc2ccccc2c1)c1ccc(CCl)cc1. The van der Waals surface area contributed by atoms with Gasteiger partial charge in [0, 0.05) is 17.1 Å². The molecule has 0 atom stereocenters. The summed E-state index contributed by atoms with van der Waals surface area (Å²) in [7, 11) is 0. The molecule has 0 spiro atoms. The Morgan fingerprint density at radius 3 is 2.33 bits per heavy atom. The van der Waals surface area contributed by atoms with Gasteiger partial charge in [0.25, 0.3) is 5.91 Å². The van der Waals surface area contributed by atoms with Crippen molar-refractivity contribution in [3.63, 3.8) is 0 Å². The third-order valence-corrected chi connectivity index (χ3v) is 3.69. The van der Waals surface area contributed by atoms with Crippen LogP contribution in [0.5, 0.6) is 0 Å². The van der Waals surface area contributed by atoms with Crippen molar-refractivity contribution in [3.8, 4) is 0 Å². The molecule has 3 aromatic rings. The Balaban J connectivity index is 1.81. The molecule has 0 bridgehead atoms. The molecule has 3 aromatic carbocycles. The Morgan fingerprint density at radius 2 is 1.62 bits per heavy atom.